The molecule has 1 aliphatic rings. The number of para-hydroxylation sites is 2. The van der Waals surface area contributed by atoms with Crippen molar-refractivity contribution in [2.45, 2.75) is 18.9 Å². The summed E-state index contributed by atoms with van der Waals surface area (Å²) >= 11 is 0. The van der Waals surface area contributed by atoms with E-state index in [9.17, 15) is 0 Å². The predicted octanol–water partition coefficient (Wildman–Crippen LogP) is 1.77. The average molecular weight is 205 g/mol. The molecule has 1 aromatic rings. The number of likely N-dealkylation sites (tertiary alicyclic amines) is 1. The number of nitrogen functional groups attached to an aromatic ring is 1. The molecule has 1 unspecified atom stereocenters. The van der Waals surface area contributed by atoms with E-state index in [1.807, 2.05) is 24.3 Å². The second-order valence-corrected chi connectivity index (χ2v) is 4.24. The summed E-state index contributed by atoms with van der Waals surface area (Å²) in [6, 6.07) is 8.59. The molecule has 0 aliphatic carbocycles. The molecule has 0 amide bonds. The molecule has 3 N–H and O–H groups in total. The van der Waals surface area contributed by atoms with Gasteiger partial charge < -0.3 is 16.0 Å². The molecule has 3 heteroatoms. The maximum absolute atomic E-state index is 5.86. The Labute approximate surface area is 91.3 Å². The van der Waals surface area contributed by atoms with Crippen LogP contribution in [-0.2, 0) is 0 Å². The van der Waals surface area contributed by atoms with Crippen LogP contribution in [0.5, 0.6) is 0 Å². The standard InChI is InChI=1S/C12H19N3/c1-15-8-4-5-10(15)9-14-12-7-3-2-6-11(12)13/h2-3,6-7,10,14H,4-5,8-9,13H2,1H3. The summed E-state index contributed by atoms with van der Waals surface area (Å²) < 4.78 is 0. The quantitative estimate of drug-likeness (QED) is 0.739. The van der Waals surface area contributed by atoms with Gasteiger partial charge in [0.1, 0.15) is 0 Å². The zero-order valence-electron chi connectivity index (χ0n) is 9.24. The van der Waals surface area contributed by atoms with Crippen LogP contribution in [0.1, 0.15) is 12.8 Å². The van der Waals surface area contributed by atoms with Crippen molar-refractivity contribution in [1.82, 2.24) is 4.90 Å². The second kappa shape index (κ2) is 4.53. The maximum atomic E-state index is 5.86. The summed E-state index contributed by atoms with van der Waals surface area (Å²) in [5, 5.41) is 3.42. The van der Waals surface area contributed by atoms with Crippen molar-refractivity contribution in [3.05, 3.63) is 24.3 Å². The Balaban J connectivity index is 1.90. The monoisotopic (exact) mass is 205 g/mol. The molecule has 82 valence electrons. The Morgan fingerprint density at radius 3 is 2.93 bits per heavy atom. The Hall–Kier alpha value is -1.22. The molecule has 1 aromatic carbocycles. The highest BCUT2D eigenvalue weighted by Gasteiger charge is 2.20. The maximum Gasteiger partial charge on any atom is 0.0574 e. The number of nitrogens with one attached hydrogen (secondary N) is 1. The molecule has 15 heavy (non-hydrogen) atoms. The van der Waals surface area contributed by atoms with Gasteiger partial charge in [-0.2, -0.15) is 0 Å². The molecule has 1 fully saturated rings. The minimum atomic E-state index is 0.657. The van der Waals surface area contributed by atoms with Crippen LogP contribution in [0.3, 0.4) is 0 Å². The summed E-state index contributed by atoms with van der Waals surface area (Å²) in [4.78, 5) is 2.41. The summed E-state index contributed by atoms with van der Waals surface area (Å²) in [6.45, 7) is 2.21. The Kier molecular flexibility index (Phi) is 3.11. The van der Waals surface area contributed by atoms with Crippen LogP contribution in [0.15, 0.2) is 24.3 Å². The fraction of sp³-hybridized carbons (Fsp3) is 0.500. The summed E-state index contributed by atoms with van der Waals surface area (Å²) in [5.74, 6) is 0. The zero-order chi connectivity index (χ0) is 10.7. The van der Waals surface area contributed by atoms with E-state index < -0.39 is 0 Å². The molecule has 0 aromatic heterocycles. The summed E-state index contributed by atoms with van der Waals surface area (Å²) in [7, 11) is 2.19. The van der Waals surface area contributed by atoms with E-state index in [4.69, 9.17) is 5.73 Å². The van der Waals surface area contributed by atoms with Crippen molar-refractivity contribution in [1.29, 1.82) is 0 Å². The van der Waals surface area contributed by atoms with E-state index in [-0.39, 0.29) is 0 Å². The molecule has 3 nitrogen and oxygen atoms in total. The van der Waals surface area contributed by atoms with Gasteiger partial charge in [-0.3, -0.25) is 0 Å². The molecule has 0 bridgehead atoms. The van der Waals surface area contributed by atoms with Crippen molar-refractivity contribution < 1.29 is 0 Å². The highest BCUT2D eigenvalue weighted by molar-refractivity contribution is 5.65. The number of anilines is 2. The number of benzene rings is 1. The molecule has 0 radical (unpaired) electrons. The van der Waals surface area contributed by atoms with Crippen LogP contribution < -0.4 is 11.1 Å². The molecule has 0 saturated carbocycles. The van der Waals surface area contributed by atoms with Crippen LogP contribution in [0.2, 0.25) is 0 Å². The first-order valence-electron chi connectivity index (χ1n) is 5.56. The molecule has 1 aliphatic heterocycles. The number of likely N-dealkylation sites (N-methyl/N-ethyl adjacent to an activating group) is 1. The first-order chi connectivity index (χ1) is 7.27. The molecule has 1 heterocycles. The first-order valence-corrected chi connectivity index (χ1v) is 5.56. The average Bonchev–Trinajstić information content (AvgIpc) is 2.63. The molecule has 0 spiro atoms. The lowest BCUT2D eigenvalue weighted by Crippen LogP contribution is -2.31. The van der Waals surface area contributed by atoms with E-state index in [0.717, 1.165) is 17.9 Å². The molecular formula is C12H19N3. The van der Waals surface area contributed by atoms with Crippen molar-refractivity contribution in [2.24, 2.45) is 0 Å². The SMILES string of the molecule is CN1CCCC1CNc1ccccc1N. The fourth-order valence-electron chi connectivity index (χ4n) is 2.12. The molecule has 2 rings (SSSR count). The van der Waals surface area contributed by atoms with Crippen LogP contribution in [0, 0.1) is 0 Å². The first kappa shape index (κ1) is 10.3. The van der Waals surface area contributed by atoms with E-state index in [0.29, 0.717) is 6.04 Å². The third-order valence-corrected chi connectivity index (χ3v) is 3.16. The molecule has 1 saturated heterocycles. The second-order valence-electron chi connectivity index (χ2n) is 4.24. The fourth-order valence-corrected chi connectivity index (χ4v) is 2.12. The van der Waals surface area contributed by atoms with Crippen LogP contribution >= 0.6 is 0 Å². The van der Waals surface area contributed by atoms with Crippen LogP contribution in [0.4, 0.5) is 11.4 Å². The van der Waals surface area contributed by atoms with Crippen LogP contribution in [0.25, 0.3) is 0 Å². The number of nitrogens with two attached hydrogens (primary N) is 1. The van der Waals surface area contributed by atoms with Gasteiger partial charge in [0, 0.05) is 12.6 Å². The van der Waals surface area contributed by atoms with Gasteiger partial charge in [0.05, 0.1) is 11.4 Å². The molecule has 1 atom stereocenters. The number of nitrogens with zero attached hydrogens (tertiary/aromatic N) is 1. The number of hydrogen-bond donors (Lipinski definition) is 2. The predicted molar refractivity (Wildman–Crippen MR) is 65.0 cm³/mol. The summed E-state index contributed by atoms with van der Waals surface area (Å²) in [6.07, 6.45) is 2.60. The van der Waals surface area contributed by atoms with Gasteiger partial charge in [0.2, 0.25) is 0 Å². The van der Waals surface area contributed by atoms with Gasteiger partial charge >= 0.3 is 0 Å². The minimum Gasteiger partial charge on any atom is -0.397 e. The largest absolute Gasteiger partial charge is 0.397 e. The summed E-state index contributed by atoms with van der Waals surface area (Å²) in [5.41, 5.74) is 7.75. The van der Waals surface area contributed by atoms with Gasteiger partial charge in [-0.1, -0.05) is 12.1 Å². The van der Waals surface area contributed by atoms with E-state index in [1.54, 1.807) is 0 Å². The van der Waals surface area contributed by atoms with Gasteiger partial charge in [0.25, 0.3) is 0 Å². The van der Waals surface area contributed by atoms with E-state index in [1.165, 1.54) is 19.4 Å². The Bertz CT molecular complexity index is 324. The third-order valence-electron chi connectivity index (χ3n) is 3.16. The third kappa shape index (κ3) is 2.42. The number of rotatable bonds is 3. The Morgan fingerprint density at radius 1 is 1.47 bits per heavy atom. The van der Waals surface area contributed by atoms with Crippen molar-refractivity contribution in [2.75, 3.05) is 31.2 Å². The minimum absolute atomic E-state index is 0.657. The lowest BCUT2D eigenvalue weighted by molar-refractivity contribution is 0.322. The van der Waals surface area contributed by atoms with Gasteiger partial charge in [0.15, 0.2) is 0 Å². The zero-order valence-corrected chi connectivity index (χ0v) is 9.24. The van der Waals surface area contributed by atoms with Crippen molar-refractivity contribution >= 4 is 11.4 Å². The molecular weight excluding hydrogens is 186 g/mol. The van der Waals surface area contributed by atoms with Crippen molar-refractivity contribution in [3.8, 4) is 0 Å². The lowest BCUT2D eigenvalue weighted by atomic mass is 10.2. The van der Waals surface area contributed by atoms with Crippen LogP contribution in [-0.4, -0.2) is 31.1 Å². The topological polar surface area (TPSA) is 41.3 Å². The van der Waals surface area contributed by atoms with Gasteiger partial charge in [-0.15, -0.1) is 0 Å². The van der Waals surface area contributed by atoms with Crippen molar-refractivity contribution in [3.63, 3.8) is 0 Å². The lowest BCUT2D eigenvalue weighted by Gasteiger charge is -2.20. The van der Waals surface area contributed by atoms with E-state index in [2.05, 4.69) is 17.3 Å². The van der Waals surface area contributed by atoms with Gasteiger partial charge in [-0.05, 0) is 38.6 Å². The van der Waals surface area contributed by atoms with E-state index >= 15 is 0 Å². The highest BCUT2D eigenvalue weighted by Crippen LogP contribution is 2.19. The normalized spacial score (nSPS) is 21.8. The highest BCUT2D eigenvalue weighted by atomic mass is 15.2. The van der Waals surface area contributed by atoms with Gasteiger partial charge in [-0.25, -0.2) is 0 Å². The number of hydrogen-bond acceptors (Lipinski definition) is 3. The Morgan fingerprint density at radius 2 is 2.27 bits per heavy atom. The smallest absolute Gasteiger partial charge is 0.0574 e.